The SMILES string of the molecule is [2H]C([2H])=C(Cl)C([2H])([2H])[2H]. The molecule has 0 saturated carbocycles. The lowest BCUT2D eigenvalue weighted by molar-refractivity contribution is 1.72. The lowest BCUT2D eigenvalue weighted by Gasteiger charge is -1.61. The largest absolute Gasteiger partial charge is 0.0901 e. The molecule has 24 valence electrons. The maximum Gasteiger partial charge on any atom is 0.0550 e. The summed E-state index contributed by atoms with van der Waals surface area (Å²) >= 11 is 5.03. The molecule has 4 heavy (non-hydrogen) atoms. The van der Waals surface area contributed by atoms with Gasteiger partial charge in [-0.3, -0.25) is 0 Å². The van der Waals surface area contributed by atoms with Crippen molar-refractivity contribution in [1.29, 1.82) is 0 Å². The molecule has 0 aliphatic rings. The minimum Gasteiger partial charge on any atom is -0.0901 e. The molecule has 0 bridgehead atoms. The van der Waals surface area contributed by atoms with Gasteiger partial charge in [0.25, 0.3) is 0 Å². The average Bonchev–Trinajstić information content (AvgIpc) is 1.62. The van der Waals surface area contributed by atoms with E-state index in [0.29, 0.717) is 0 Å². The molecule has 0 aliphatic heterocycles. The smallest absolute Gasteiger partial charge is 0.0550 e. The maximum atomic E-state index is 6.57. The predicted octanol–water partition coefficient (Wildman–Crippen LogP) is 1.76. The highest BCUT2D eigenvalue weighted by atomic mass is 35.5. The van der Waals surface area contributed by atoms with Crippen LogP contribution < -0.4 is 0 Å². The molecule has 0 aliphatic carbocycles. The summed E-state index contributed by atoms with van der Waals surface area (Å²) in [5.41, 5.74) is 0. The number of hydrogen-bond donors (Lipinski definition) is 0. The Morgan fingerprint density at radius 2 is 3.50 bits per heavy atom. The van der Waals surface area contributed by atoms with Crippen molar-refractivity contribution < 1.29 is 6.85 Å². The first-order valence-electron chi connectivity index (χ1n) is 3.19. The quantitative estimate of drug-likeness (QED) is 0.417. The van der Waals surface area contributed by atoms with E-state index in [2.05, 4.69) is 0 Å². The normalized spacial score (nSPS) is 26.8. The Hall–Kier alpha value is 0.0300. The van der Waals surface area contributed by atoms with Crippen LogP contribution in [0.3, 0.4) is 0 Å². The highest BCUT2D eigenvalue weighted by Gasteiger charge is 1.55. The van der Waals surface area contributed by atoms with Crippen LogP contribution in [-0.4, -0.2) is 0 Å². The number of halogens is 1. The molecule has 0 radical (unpaired) electrons. The van der Waals surface area contributed by atoms with Crippen molar-refractivity contribution in [3.05, 3.63) is 11.6 Å². The van der Waals surface area contributed by atoms with Crippen LogP contribution in [0.15, 0.2) is 11.6 Å². The van der Waals surface area contributed by atoms with Gasteiger partial charge < -0.3 is 0 Å². The van der Waals surface area contributed by atoms with Gasteiger partial charge in [0.05, 0.1) is 2.74 Å². The standard InChI is InChI=1S/C3H5Cl/c1-3(2)4/h1H2,2H3/i1D2,2D3. The van der Waals surface area contributed by atoms with Gasteiger partial charge in [-0.25, -0.2) is 0 Å². The van der Waals surface area contributed by atoms with Gasteiger partial charge in [-0.05, 0) is 6.85 Å². The van der Waals surface area contributed by atoms with Crippen molar-refractivity contribution in [3.63, 3.8) is 0 Å². The zero-order chi connectivity index (χ0) is 7.65. The summed E-state index contributed by atoms with van der Waals surface area (Å²) in [6.07, 6.45) is 0. The second kappa shape index (κ2) is 1.36. The summed E-state index contributed by atoms with van der Waals surface area (Å²) in [5, 5.41) is -0.692. The van der Waals surface area contributed by atoms with Crippen LogP contribution in [0.1, 0.15) is 13.7 Å². The number of hydrogen-bond acceptors (Lipinski definition) is 0. The van der Waals surface area contributed by atoms with Gasteiger partial charge in [-0.2, -0.15) is 0 Å². The van der Waals surface area contributed by atoms with Crippen molar-refractivity contribution >= 4 is 11.6 Å². The van der Waals surface area contributed by atoms with Gasteiger partial charge in [0.2, 0.25) is 0 Å². The van der Waals surface area contributed by atoms with Gasteiger partial charge in [0, 0.05) is 9.14 Å². The minimum absolute atomic E-state index is 0.692. The maximum absolute atomic E-state index is 6.57. The van der Waals surface area contributed by atoms with Crippen LogP contribution in [0, 0.1) is 0 Å². The minimum atomic E-state index is -2.50. The first kappa shape index (κ1) is 0.574. The van der Waals surface area contributed by atoms with Crippen molar-refractivity contribution in [3.8, 4) is 0 Å². The first-order valence-corrected chi connectivity index (χ1v) is 1.07. The fourth-order valence-electron chi connectivity index (χ4n) is 0. The molecule has 0 nitrogen and oxygen atoms in total. The van der Waals surface area contributed by atoms with Gasteiger partial charge >= 0.3 is 0 Å². The summed E-state index contributed by atoms with van der Waals surface area (Å²) in [6, 6.07) is 0. The summed E-state index contributed by atoms with van der Waals surface area (Å²) in [6.45, 7) is -3.35. The molecular weight excluding hydrogens is 71.5 g/mol. The van der Waals surface area contributed by atoms with Crippen LogP contribution in [-0.2, 0) is 0 Å². The molecule has 0 aromatic rings. The Kier molecular flexibility index (Phi) is 0.195. The van der Waals surface area contributed by atoms with E-state index >= 15 is 0 Å². The van der Waals surface area contributed by atoms with Crippen LogP contribution in [0.25, 0.3) is 0 Å². The van der Waals surface area contributed by atoms with Crippen molar-refractivity contribution in [2.45, 2.75) is 6.85 Å². The van der Waals surface area contributed by atoms with Crippen molar-refractivity contribution in [2.75, 3.05) is 0 Å². The molecule has 0 N–H and O–H groups in total. The Balaban J connectivity index is 4.40. The number of rotatable bonds is 0. The zero-order valence-corrected chi connectivity index (χ0v) is 2.63. The molecule has 0 aromatic carbocycles. The molecule has 0 aromatic heterocycles. The summed E-state index contributed by atoms with van der Waals surface area (Å²) < 4.78 is 32.7. The lowest BCUT2D eigenvalue weighted by atomic mass is 10.8. The fourth-order valence-corrected chi connectivity index (χ4v) is 0. The Morgan fingerprint density at radius 3 is 3.50 bits per heavy atom. The molecule has 0 amide bonds. The van der Waals surface area contributed by atoms with E-state index < -0.39 is 18.4 Å². The van der Waals surface area contributed by atoms with E-state index in [-0.39, 0.29) is 0 Å². The Labute approximate surface area is 38.1 Å². The molecule has 0 saturated heterocycles. The topological polar surface area (TPSA) is 0 Å². The Morgan fingerprint density at radius 1 is 2.75 bits per heavy atom. The van der Waals surface area contributed by atoms with Gasteiger partial charge in [-0.15, -0.1) is 0 Å². The third kappa shape index (κ3) is 2390. The number of allylic oxidation sites excluding steroid dienone is 1. The average molecular weight is 81.6 g/mol. The summed E-state index contributed by atoms with van der Waals surface area (Å²) in [5.74, 6) is 0. The molecule has 0 heterocycles. The van der Waals surface area contributed by atoms with Crippen LogP contribution >= 0.6 is 11.6 Å². The van der Waals surface area contributed by atoms with E-state index in [1.54, 1.807) is 0 Å². The third-order valence-corrected chi connectivity index (χ3v) is 0. The van der Waals surface area contributed by atoms with Crippen LogP contribution in [0.4, 0.5) is 0 Å². The first-order chi connectivity index (χ1) is 3.85. The zero-order valence-electron chi connectivity index (χ0n) is 6.88. The molecule has 0 spiro atoms. The second-order valence-corrected chi connectivity index (χ2v) is 0.692. The molecular formula is C3H5Cl. The van der Waals surface area contributed by atoms with Crippen LogP contribution in [0.5, 0.6) is 0 Å². The van der Waals surface area contributed by atoms with E-state index in [4.69, 9.17) is 18.5 Å². The highest BCUT2D eigenvalue weighted by molar-refractivity contribution is 6.28. The van der Waals surface area contributed by atoms with E-state index in [9.17, 15) is 0 Å². The lowest BCUT2D eigenvalue weighted by Crippen LogP contribution is -1.34. The molecule has 1 heteroatoms. The van der Waals surface area contributed by atoms with Gasteiger partial charge in [0.15, 0.2) is 0 Å². The van der Waals surface area contributed by atoms with E-state index in [1.165, 1.54) is 0 Å². The van der Waals surface area contributed by atoms with E-state index in [0.717, 1.165) is 0 Å². The van der Waals surface area contributed by atoms with Crippen LogP contribution in [0.2, 0.25) is 0 Å². The Bertz CT molecular complexity index is 130. The van der Waals surface area contributed by atoms with Crippen molar-refractivity contribution in [2.24, 2.45) is 0 Å². The molecule has 0 atom stereocenters. The summed E-state index contributed by atoms with van der Waals surface area (Å²) in [7, 11) is 0. The second-order valence-electron chi connectivity index (χ2n) is 0.314. The summed E-state index contributed by atoms with van der Waals surface area (Å²) in [4.78, 5) is 0. The monoisotopic (exact) mass is 81.0 g/mol. The molecule has 0 unspecified atom stereocenters. The van der Waals surface area contributed by atoms with Crippen molar-refractivity contribution in [1.82, 2.24) is 0 Å². The third-order valence-electron chi connectivity index (χ3n) is 0. The fraction of sp³-hybridized carbons (Fsp3) is 0.333. The van der Waals surface area contributed by atoms with E-state index in [1.807, 2.05) is 0 Å². The van der Waals surface area contributed by atoms with Gasteiger partial charge in [0.1, 0.15) is 0 Å². The predicted molar refractivity (Wildman–Crippen MR) is 20.7 cm³/mol. The molecule has 0 rings (SSSR count). The molecule has 0 fully saturated rings. The van der Waals surface area contributed by atoms with Gasteiger partial charge in [-0.1, -0.05) is 18.1 Å². The highest BCUT2D eigenvalue weighted by Crippen LogP contribution is 1.87.